The van der Waals surface area contributed by atoms with Crippen LogP contribution in [0.5, 0.6) is 0 Å². The highest BCUT2D eigenvalue weighted by Crippen LogP contribution is 2.16. The highest BCUT2D eigenvalue weighted by molar-refractivity contribution is 9.10. The van der Waals surface area contributed by atoms with Crippen molar-refractivity contribution in [3.05, 3.63) is 64.4 Å². The van der Waals surface area contributed by atoms with Crippen LogP contribution in [0.3, 0.4) is 0 Å². The Hall–Kier alpha value is -2.29. The molecule has 0 fully saturated rings. The molecule has 2 amide bonds. The Kier molecular flexibility index (Phi) is 8.10. The van der Waals surface area contributed by atoms with Gasteiger partial charge in [0.1, 0.15) is 0 Å². The van der Waals surface area contributed by atoms with Crippen molar-refractivity contribution in [3.8, 4) is 0 Å². The molecule has 3 N–H and O–H groups in total. The van der Waals surface area contributed by atoms with E-state index in [1.165, 1.54) is 11.9 Å². The summed E-state index contributed by atoms with van der Waals surface area (Å²) in [6.45, 7) is 2.05. The lowest BCUT2D eigenvalue weighted by Crippen LogP contribution is -2.50. The van der Waals surface area contributed by atoms with Crippen LogP contribution in [0.15, 0.2) is 53.1 Å². The minimum Gasteiger partial charge on any atom is -0.380 e. The van der Waals surface area contributed by atoms with Gasteiger partial charge in [-0.2, -0.15) is 0 Å². The van der Waals surface area contributed by atoms with Crippen LogP contribution in [0.2, 0.25) is 0 Å². The van der Waals surface area contributed by atoms with E-state index in [4.69, 9.17) is 0 Å². The summed E-state index contributed by atoms with van der Waals surface area (Å²) in [7, 11) is 1.50. The molecular formula is C20H24BrN3O4. The highest BCUT2D eigenvalue weighted by atomic mass is 79.9. The topological polar surface area (TPSA) is 103 Å². The second kappa shape index (κ2) is 10.3. The van der Waals surface area contributed by atoms with Crippen molar-refractivity contribution in [1.29, 1.82) is 0 Å². The molecule has 28 heavy (non-hydrogen) atoms. The lowest BCUT2D eigenvalue weighted by molar-refractivity contribution is -0.152. The summed E-state index contributed by atoms with van der Waals surface area (Å²) < 4.78 is 0.907. The molecule has 0 bridgehead atoms. The van der Waals surface area contributed by atoms with Gasteiger partial charge in [0.15, 0.2) is 12.2 Å². The molecule has 1 heterocycles. The van der Waals surface area contributed by atoms with E-state index in [-0.39, 0.29) is 6.04 Å². The Morgan fingerprint density at radius 3 is 2.43 bits per heavy atom. The van der Waals surface area contributed by atoms with E-state index >= 15 is 0 Å². The maximum absolute atomic E-state index is 12.3. The standard InChI is InChI=1S/C20H24BrN3O4/c1-13(14-6-8-15(21)9-7-14)23-19(27)17(25)18(26)20(28)24(2)12-10-16-5-3-4-11-22-16/h3-9,11,13,17-18,25-26H,10,12H2,1-2H3,(H,23,27)/t13?,17-,18?/m0/s1. The fourth-order valence-corrected chi connectivity index (χ4v) is 2.84. The summed E-state index contributed by atoms with van der Waals surface area (Å²) in [6.07, 6.45) is -1.54. The van der Waals surface area contributed by atoms with E-state index < -0.39 is 24.0 Å². The number of aromatic nitrogens is 1. The van der Waals surface area contributed by atoms with Gasteiger partial charge in [-0.15, -0.1) is 0 Å². The van der Waals surface area contributed by atoms with E-state index in [0.717, 1.165) is 15.7 Å². The zero-order valence-corrected chi connectivity index (χ0v) is 17.3. The van der Waals surface area contributed by atoms with Gasteiger partial charge in [-0.05, 0) is 36.8 Å². The molecule has 8 heteroatoms. The summed E-state index contributed by atoms with van der Waals surface area (Å²) in [5.41, 5.74) is 1.63. The molecule has 2 rings (SSSR count). The Bertz CT molecular complexity index is 786. The average Bonchev–Trinajstić information content (AvgIpc) is 2.71. The molecule has 3 atom stereocenters. The summed E-state index contributed by atoms with van der Waals surface area (Å²) in [5.74, 6) is -1.54. The maximum atomic E-state index is 12.3. The Morgan fingerprint density at radius 2 is 1.82 bits per heavy atom. The van der Waals surface area contributed by atoms with Crippen molar-refractivity contribution in [3.63, 3.8) is 0 Å². The lowest BCUT2D eigenvalue weighted by atomic mass is 10.1. The van der Waals surface area contributed by atoms with Crippen LogP contribution >= 0.6 is 15.9 Å². The molecule has 1 aromatic carbocycles. The molecule has 0 aliphatic carbocycles. The average molecular weight is 450 g/mol. The number of aliphatic hydroxyl groups excluding tert-OH is 2. The van der Waals surface area contributed by atoms with Crippen LogP contribution in [0.1, 0.15) is 24.2 Å². The van der Waals surface area contributed by atoms with Gasteiger partial charge in [-0.25, -0.2) is 0 Å². The quantitative estimate of drug-likeness (QED) is 0.565. The predicted octanol–water partition coefficient (Wildman–Crippen LogP) is 1.44. The first-order valence-electron chi connectivity index (χ1n) is 8.86. The smallest absolute Gasteiger partial charge is 0.254 e. The second-order valence-corrected chi connectivity index (χ2v) is 7.42. The van der Waals surface area contributed by atoms with Crippen molar-refractivity contribution in [1.82, 2.24) is 15.2 Å². The summed E-state index contributed by atoms with van der Waals surface area (Å²) in [4.78, 5) is 30.0. The highest BCUT2D eigenvalue weighted by Gasteiger charge is 2.32. The van der Waals surface area contributed by atoms with E-state index in [1.54, 1.807) is 19.2 Å². The molecule has 0 saturated heterocycles. The van der Waals surface area contributed by atoms with Gasteiger partial charge in [0.05, 0.1) is 6.04 Å². The summed E-state index contributed by atoms with van der Waals surface area (Å²) >= 11 is 3.34. The zero-order chi connectivity index (χ0) is 20.7. The molecule has 0 aliphatic heterocycles. The monoisotopic (exact) mass is 449 g/mol. The number of rotatable bonds is 8. The fraction of sp³-hybridized carbons (Fsp3) is 0.350. The van der Waals surface area contributed by atoms with Crippen molar-refractivity contribution in [2.75, 3.05) is 13.6 Å². The molecule has 7 nitrogen and oxygen atoms in total. The van der Waals surface area contributed by atoms with Crippen molar-refractivity contribution in [2.24, 2.45) is 0 Å². The molecule has 150 valence electrons. The van der Waals surface area contributed by atoms with Gasteiger partial charge in [-0.1, -0.05) is 34.1 Å². The number of benzene rings is 1. The molecule has 0 radical (unpaired) electrons. The third-order valence-electron chi connectivity index (χ3n) is 4.36. The van der Waals surface area contributed by atoms with E-state index in [1.807, 2.05) is 36.4 Å². The number of nitrogens with one attached hydrogen (secondary N) is 1. The van der Waals surface area contributed by atoms with Gasteiger partial charge >= 0.3 is 0 Å². The van der Waals surface area contributed by atoms with Crippen LogP contribution in [-0.4, -0.2) is 57.7 Å². The van der Waals surface area contributed by atoms with Gasteiger partial charge in [-0.3, -0.25) is 14.6 Å². The molecular weight excluding hydrogens is 426 g/mol. The first-order valence-corrected chi connectivity index (χ1v) is 9.65. The number of hydrogen-bond acceptors (Lipinski definition) is 5. The van der Waals surface area contributed by atoms with Crippen LogP contribution in [0.25, 0.3) is 0 Å². The normalized spacial score (nSPS) is 14.0. The van der Waals surface area contributed by atoms with Gasteiger partial charge in [0.2, 0.25) is 0 Å². The minimum absolute atomic E-state index is 0.302. The molecule has 2 unspecified atom stereocenters. The van der Waals surface area contributed by atoms with Crippen molar-refractivity contribution >= 4 is 27.7 Å². The number of halogens is 1. The van der Waals surface area contributed by atoms with Gasteiger partial charge in [0, 0.05) is 36.4 Å². The number of hydrogen-bond donors (Lipinski definition) is 3. The van der Waals surface area contributed by atoms with Gasteiger partial charge in [0.25, 0.3) is 11.8 Å². The predicted molar refractivity (Wildman–Crippen MR) is 108 cm³/mol. The number of pyridine rings is 1. The first kappa shape index (κ1) is 22.0. The molecule has 0 saturated carbocycles. The Morgan fingerprint density at radius 1 is 1.14 bits per heavy atom. The summed E-state index contributed by atoms with van der Waals surface area (Å²) in [5, 5.41) is 22.8. The van der Waals surface area contributed by atoms with Crippen LogP contribution < -0.4 is 5.32 Å². The van der Waals surface area contributed by atoms with Crippen molar-refractivity contribution < 1.29 is 19.8 Å². The third kappa shape index (κ3) is 6.12. The number of likely N-dealkylation sites (N-methyl/N-ethyl adjacent to an activating group) is 1. The van der Waals surface area contributed by atoms with E-state index in [0.29, 0.717) is 13.0 Å². The van der Waals surface area contributed by atoms with E-state index in [9.17, 15) is 19.8 Å². The van der Waals surface area contributed by atoms with Crippen LogP contribution in [0.4, 0.5) is 0 Å². The largest absolute Gasteiger partial charge is 0.380 e. The lowest BCUT2D eigenvalue weighted by Gasteiger charge is -2.24. The maximum Gasteiger partial charge on any atom is 0.254 e. The van der Waals surface area contributed by atoms with Crippen molar-refractivity contribution in [2.45, 2.75) is 31.6 Å². The number of aliphatic hydroxyl groups is 2. The minimum atomic E-state index is -1.86. The Balaban J connectivity index is 1.88. The van der Waals surface area contributed by atoms with Crippen LogP contribution in [0, 0.1) is 0 Å². The Labute approximate surface area is 172 Å². The van der Waals surface area contributed by atoms with Crippen LogP contribution in [-0.2, 0) is 16.0 Å². The first-order chi connectivity index (χ1) is 13.3. The number of nitrogens with zero attached hydrogens (tertiary/aromatic N) is 2. The molecule has 0 aliphatic rings. The molecule has 2 aromatic rings. The number of amides is 2. The zero-order valence-electron chi connectivity index (χ0n) is 15.7. The number of carbonyl (C=O) groups excluding carboxylic acids is 2. The third-order valence-corrected chi connectivity index (χ3v) is 4.88. The number of carbonyl (C=O) groups is 2. The fourth-order valence-electron chi connectivity index (χ4n) is 2.58. The van der Waals surface area contributed by atoms with E-state index in [2.05, 4.69) is 26.2 Å². The summed E-state index contributed by atoms with van der Waals surface area (Å²) in [6, 6.07) is 12.4. The second-order valence-electron chi connectivity index (χ2n) is 6.50. The SMILES string of the molecule is CC(NC(=O)[C@@H](O)C(O)C(=O)N(C)CCc1ccccn1)c1ccc(Br)cc1. The molecule has 0 spiro atoms. The van der Waals surface area contributed by atoms with Gasteiger partial charge < -0.3 is 20.4 Å². The molecule has 1 aromatic heterocycles.